The summed E-state index contributed by atoms with van der Waals surface area (Å²) in [4.78, 5) is 31.3. The molecule has 1 fully saturated rings. The van der Waals surface area contributed by atoms with Crippen LogP contribution in [-0.2, 0) is 22.6 Å². The van der Waals surface area contributed by atoms with Crippen LogP contribution in [0, 0.1) is 11.7 Å². The average molecular weight is 394 g/mol. The Morgan fingerprint density at radius 2 is 1.86 bits per heavy atom. The number of carbonyl (C=O) groups is 2. The lowest BCUT2D eigenvalue weighted by Gasteiger charge is -2.31. The summed E-state index contributed by atoms with van der Waals surface area (Å²) in [6.45, 7) is 1.52. The zero-order chi connectivity index (χ0) is 20.2. The minimum Gasteiger partial charge on any atom is -0.352 e. The first kappa shape index (κ1) is 19.1. The number of nitrogens with zero attached hydrogens (tertiary/aromatic N) is 3. The van der Waals surface area contributed by atoms with Crippen LogP contribution in [-0.4, -0.2) is 39.2 Å². The van der Waals surface area contributed by atoms with E-state index in [1.54, 1.807) is 12.1 Å². The predicted octanol–water partition coefficient (Wildman–Crippen LogP) is 2.57. The summed E-state index contributed by atoms with van der Waals surface area (Å²) in [5.41, 5.74) is 2.44. The summed E-state index contributed by atoms with van der Waals surface area (Å²) in [6, 6.07) is 11.8. The van der Waals surface area contributed by atoms with E-state index >= 15 is 0 Å². The normalized spacial score (nSPS) is 14.9. The summed E-state index contributed by atoms with van der Waals surface area (Å²) in [5.74, 6) is -0.365. The van der Waals surface area contributed by atoms with Crippen molar-refractivity contribution in [3.63, 3.8) is 0 Å². The maximum absolute atomic E-state index is 12.9. The highest BCUT2D eigenvalue weighted by Gasteiger charge is 2.27. The van der Waals surface area contributed by atoms with Crippen LogP contribution < -0.4 is 5.32 Å². The monoisotopic (exact) mass is 394 g/mol. The van der Waals surface area contributed by atoms with Gasteiger partial charge in [0.2, 0.25) is 11.8 Å². The fourth-order valence-electron chi connectivity index (χ4n) is 3.67. The second-order valence-corrected chi connectivity index (χ2v) is 7.37. The number of rotatable bonds is 5. The van der Waals surface area contributed by atoms with Gasteiger partial charge in [0.15, 0.2) is 0 Å². The summed E-state index contributed by atoms with van der Waals surface area (Å²) in [6.07, 6.45) is 5.34. The summed E-state index contributed by atoms with van der Waals surface area (Å²) in [7, 11) is 0. The van der Waals surface area contributed by atoms with Gasteiger partial charge >= 0.3 is 0 Å². The number of imidazole rings is 1. The summed E-state index contributed by atoms with van der Waals surface area (Å²) >= 11 is 0. The standard InChI is InChI=1S/C22H23FN4O2/c23-18-6-4-16(5-7-18)14-24-22(29)17-8-11-26(12-9-17)21(28)13-19-15-27-10-2-1-3-20(27)25-19/h1-7,10,15,17H,8-9,11-14H2,(H,24,29). The van der Waals surface area contributed by atoms with Gasteiger partial charge in [0.05, 0.1) is 12.1 Å². The minimum absolute atomic E-state index is 0.0122. The van der Waals surface area contributed by atoms with Crippen molar-refractivity contribution < 1.29 is 14.0 Å². The third-order valence-corrected chi connectivity index (χ3v) is 5.34. The SMILES string of the molecule is O=C(NCc1ccc(F)cc1)C1CCN(C(=O)Cc2cn3ccccc3n2)CC1. The molecule has 29 heavy (non-hydrogen) atoms. The number of pyridine rings is 1. The molecule has 1 aromatic carbocycles. The molecule has 0 bridgehead atoms. The molecule has 2 aromatic heterocycles. The van der Waals surface area contributed by atoms with Crippen molar-refractivity contribution in [2.24, 2.45) is 5.92 Å². The van der Waals surface area contributed by atoms with Gasteiger partial charge in [-0.2, -0.15) is 0 Å². The molecule has 2 amide bonds. The Hall–Kier alpha value is -3.22. The molecule has 0 atom stereocenters. The number of amides is 2. The Labute approximate surface area is 168 Å². The number of fused-ring (bicyclic) bond motifs is 1. The van der Waals surface area contributed by atoms with E-state index in [1.165, 1.54) is 12.1 Å². The van der Waals surface area contributed by atoms with Crippen molar-refractivity contribution >= 4 is 17.5 Å². The van der Waals surface area contributed by atoms with E-state index in [9.17, 15) is 14.0 Å². The van der Waals surface area contributed by atoms with E-state index in [0.717, 1.165) is 16.9 Å². The number of aromatic nitrogens is 2. The highest BCUT2D eigenvalue weighted by molar-refractivity contribution is 5.81. The van der Waals surface area contributed by atoms with E-state index in [1.807, 2.05) is 39.9 Å². The van der Waals surface area contributed by atoms with Crippen LogP contribution in [0.2, 0.25) is 0 Å². The van der Waals surface area contributed by atoms with Crippen LogP contribution in [0.5, 0.6) is 0 Å². The number of nitrogens with one attached hydrogen (secondary N) is 1. The van der Waals surface area contributed by atoms with Gasteiger partial charge in [-0.05, 0) is 42.7 Å². The number of carbonyl (C=O) groups excluding carboxylic acids is 2. The van der Waals surface area contributed by atoms with Crippen molar-refractivity contribution in [1.29, 1.82) is 0 Å². The Balaban J connectivity index is 1.25. The quantitative estimate of drug-likeness (QED) is 0.723. The van der Waals surface area contributed by atoms with Crippen LogP contribution >= 0.6 is 0 Å². The lowest BCUT2D eigenvalue weighted by molar-refractivity contribution is -0.135. The van der Waals surface area contributed by atoms with Crippen LogP contribution in [0.25, 0.3) is 5.65 Å². The lowest BCUT2D eigenvalue weighted by atomic mass is 9.95. The third kappa shape index (κ3) is 4.62. The topological polar surface area (TPSA) is 66.7 Å². The second-order valence-electron chi connectivity index (χ2n) is 7.37. The molecule has 4 rings (SSSR count). The highest BCUT2D eigenvalue weighted by Crippen LogP contribution is 2.19. The molecule has 0 saturated carbocycles. The first-order valence-electron chi connectivity index (χ1n) is 9.81. The molecular formula is C22H23FN4O2. The molecule has 150 valence electrons. The number of likely N-dealkylation sites (tertiary alicyclic amines) is 1. The molecule has 0 radical (unpaired) electrons. The van der Waals surface area contributed by atoms with Crippen LogP contribution in [0.15, 0.2) is 54.9 Å². The largest absolute Gasteiger partial charge is 0.352 e. The van der Waals surface area contributed by atoms with E-state index in [-0.39, 0.29) is 30.0 Å². The maximum Gasteiger partial charge on any atom is 0.228 e. The molecule has 0 unspecified atom stereocenters. The van der Waals surface area contributed by atoms with E-state index in [2.05, 4.69) is 10.3 Å². The first-order chi connectivity index (χ1) is 14.1. The fourth-order valence-corrected chi connectivity index (χ4v) is 3.67. The van der Waals surface area contributed by atoms with Gasteiger partial charge in [-0.15, -0.1) is 0 Å². The summed E-state index contributed by atoms with van der Waals surface area (Å²) < 4.78 is 14.8. The first-order valence-corrected chi connectivity index (χ1v) is 9.81. The minimum atomic E-state index is -0.291. The number of hydrogen-bond acceptors (Lipinski definition) is 3. The second kappa shape index (κ2) is 8.43. The number of halogens is 1. The molecular weight excluding hydrogens is 371 g/mol. The van der Waals surface area contributed by atoms with E-state index < -0.39 is 0 Å². The van der Waals surface area contributed by atoms with Gasteiger partial charge < -0.3 is 14.6 Å². The van der Waals surface area contributed by atoms with Crippen molar-refractivity contribution in [3.8, 4) is 0 Å². The molecule has 1 aliphatic rings. The van der Waals surface area contributed by atoms with Crippen molar-refractivity contribution in [2.75, 3.05) is 13.1 Å². The number of benzene rings is 1. The lowest BCUT2D eigenvalue weighted by Crippen LogP contribution is -2.43. The van der Waals surface area contributed by atoms with Gasteiger partial charge in [0.25, 0.3) is 0 Å². The molecule has 0 spiro atoms. The zero-order valence-corrected chi connectivity index (χ0v) is 16.1. The molecule has 0 aliphatic carbocycles. The van der Waals surface area contributed by atoms with Crippen LogP contribution in [0.1, 0.15) is 24.1 Å². The Morgan fingerprint density at radius 1 is 1.10 bits per heavy atom. The molecule has 3 heterocycles. The highest BCUT2D eigenvalue weighted by atomic mass is 19.1. The van der Waals surface area contributed by atoms with Crippen LogP contribution in [0.4, 0.5) is 4.39 Å². The van der Waals surface area contributed by atoms with Crippen molar-refractivity contribution in [2.45, 2.75) is 25.8 Å². The Bertz CT molecular complexity index is 974. The number of piperidine rings is 1. The molecule has 1 N–H and O–H groups in total. The molecule has 3 aromatic rings. The van der Waals surface area contributed by atoms with Gasteiger partial charge in [-0.25, -0.2) is 9.37 Å². The molecule has 6 nitrogen and oxygen atoms in total. The van der Waals surface area contributed by atoms with Gasteiger partial charge in [-0.3, -0.25) is 9.59 Å². The van der Waals surface area contributed by atoms with Gasteiger partial charge in [-0.1, -0.05) is 18.2 Å². The molecule has 7 heteroatoms. The maximum atomic E-state index is 12.9. The molecule has 1 aliphatic heterocycles. The fraction of sp³-hybridized carbons (Fsp3) is 0.318. The summed E-state index contributed by atoms with van der Waals surface area (Å²) in [5, 5.41) is 2.91. The van der Waals surface area contributed by atoms with Gasteiger partial charge in [0, 0.05) is 37.9 Å². The zero-order valence-electron chi connectivity index (χ0n) is 16.1. The van der Waals surface area contributed by atoms with E-state index in [4.69, 9.17) is 0 Å². The average Bonchev–Trinajstić information content (AvgIpc) is 3.15. The Morgan fingerprint density at radius 3 is 2.59 bits per heavy atom. The van der Waals surface area contributed by atoms with Crippen LogP contribution in [0.3, 0.4) is 0 Å². The third-order valence-electron chi connectivity index (χ3n) is 5.34. The smallest absolute Gasteiger partial charge is 0.228 e. The Kier molecular flexibility index (Phi) is 5.55. The predicted molar refractivity (Wildman–Crippen MR) is 106 cm³/mol. The van der Waals surface area contributed by atoms with Crippen molar-refractivity contribution in [3.05, 3.63) is 71.9 Å². The van der Waals surface area contributed by atoms with Crippen molar-refractivity contribution in [1.82, 2.24) is 19.6 Å². The number of hydrogen-bond donors (Lipinski definition) is 1. The molecule has 1 saturated heterocycles. The van der Waals surface area contributed by atoms with E-state index in [0.29, 0.717) is 32.5 Å². The van der Waals surface area contributed by atoms with Gasteiger partial charge in [0.1, 0.15) is 11.5 Å².